The molecule has 3 amide bonds. The van der Waals surface area contributed by atoms with E-state index in [2.05, 4.69) is 15.6 Å². The SMILES string of the molecule is CCN(CC1NC(=O)NC1=O)S(=O)(=O)c1ccc(Oc2ccc(Cl)cn2)cc1. The fourth-order valence-corrected chi connectivity index (χ4v) is 4.14. The molecule has 0 radical (unpaired) electrons. The molecule has 0 spiro atoms. The summed E-state index contributed by atoms with van der Waals surface area (Å²) in [5.74, 6) is 0.162. The Morgan fingerprint density at radius 3 is 2.43 bits per heavy atom. The molecule has 3 rings (SSSR count). The van der Waals surface area contributed by atoms with Crippen LogP contribution in [0.1, 0.15) is 6.92 Å². The first-order valence-corrected chi connectivity index (χ1v) is 10.1. The zero-order valence-electron chi connectivity index (χ0n) is 14.8. The van der Waals surface area contributed by atoms with Crippen molar-refractivity contribution >= 4 is 33.6 Å². The van der Waals surface area contributed by atoms with Crippen molar-refractivity contribution in [3.8, 4) is 11.6 Å². The highest BCUT2D eigenvalue weighted by molar-refractivity contribution is 7.89. The van der Waals surface area contributed by atoms with E-state index in [1.807, 2.05) is 0 Å². The van der Waals surface area contributed by atoms with Crippen LogP contribution in [0.15, 0.2) is 47.5 Å². The van der Waals surface area contributed by atoms with Crippen molar-refractivity contribution in [3.63, 3.8) is 0 Å². The van der Waals surface area contributed by atoms with Crippen LogP contribution >= 0.6 is 11.6 Å². The van der Waals surface area contributed by atoms with E-state index in [9.17, 15) is 18.0 Å². The number of carbonyl (C=O) groups excluding carboxylic acids is 2. The number of sulfonamides is 1. The van der Waals surface area contributed by atoms with Crippen molar-refractivity contribution in [2.45, 2.75) is 17.9 Å². The predicted octanol–water partition coefficient (Wildman–Crippen LogP) is 1.75. The second-order valence-electron chi connectivity index (χ2n) is 5.86. The fourth-order valence-electron chi connectivity index (χ4n) is 2.56. The Kier molecular flexibility index (Phi) is 5.82. The molecule has 2 aromatic rings. The molecular formula is C17H17ClN4O5S. The molecule has 0 saturated carbocycles. The van der Waals surface area contributed by atoms with Gasteiger partial charge in [-0.3, -0.25) is 10.1 Å². The Morgan fingerprint density at radius 1 is 1.18 bits per heavy atom. The van der Waals surface area contributed by atoms with Crippen LogP contribution in [-0.2, 0) is 14.8 Å². The van der Waals surface area contributed by atoms with E-state index in [0.29, 0.717) is 16.7 Å². The minimum atomic E-state index is -3.86. The van der Waals surface area contributed by atoms with Crippen LogP contribution in [0.25, 0.3) is 0 Å². The van der Waals surface area contributed by atoms with E-state index in [-0.39, 0.29) is 18.0 Å². The molecule has 28 heavy (non-hydrogen) atoms. The maximum atomic E-state index is 12.9. The number of aromatic nitrogens is 1. The summed E-state index contributed by atoms with van der Waals surface area (Å²) in [6.07, 6.45) is 1.44. The molecule has 0 bridgehead atoms. The van der Waals surface area contributed by atoms with Crippen molar-refractivity contribution in [2.24, 2.45) is 0 Å². The summed E-state index contributed by atoms with van der Waals surface area (Å²) in [5.41, 5.74) is 0. The number of likely N-dealkylation sites (N-methyl/N-ethyl adjacent to an activating group) is 1. The number of nitrogens with zero attached hydrogens (tertiary/aromatic N) is 2. The Hall–Kier alpha value is -2.69. The molecular weight excluding hydrogens is 408 g/mol. The van der Waals surface area contributed by atoms with Gasteiger partial charge in [-0.1, -0.05) is 18.5 Å². The number of hydrogen-bond donors (Lipinski definition) is 2. The van der Waals surface area contributed by atoms with Gasteiger partial charge < -0.3 is 10.1 Å². The third kappa shape index (κ3) is 4.41. The van der Waals surface area contributed by atoms with E-state index >= 15 is 0 Å². The van der Waals surface area contributed by atoms with Crippen LogP contribution in [-0.4, -0.2) is 48.8 Å². The first kappa shape index (κ1) is 20.1. The summed E-state index contributed by atoms with van der Waals surface area (Å²) in [4.78, 5) is 27.0. The highest BCUT2D eigenvalue weighted by Gasteiger charge is 2.34. The third-order valence-electron chi connectivity index (χ3n) is 3.98. The van der Waals surface area contributed by atoms with Crippen LogP contribution in [0.3, 0.4) is 0 Å². The zero-order valence-corrected chi connectivity index (χ0v) is 16.3. The summed E-state index contributed by atoms with van der Waals surface area (Å²) in [6, 6.07) is 7.45. The summed E-state index contributed by atoms with van der Waals surface area (Å²) >= 11 is 5.77. The number of rotatable bonds is 7. The minimum absolute atomic E-state index is 0.0375. The summed E-state index contributed by atoms with van der Waals surface area (Å²) in [6.45, 7) is 1.62. The molecule has 9 nitrogen and oxygen atoms in total. The van der Waals surface area contributed by atoms with Crippen LogP contribution in [0.4, 0.5) is 4.79 Å². The molecule has 0 aliphatic carbocycles. The fraction of sp³-hybridized carbons (Fsp3) is 0.235. The van der Waals surface area contributed by atoms with Crippen molar-refractivity contribution in [3.05, 3.63) is 47.6 Å². The highest BCUT2D eigenvalue weighted by atomic mass is 35.5. The van der Waals surface area contributed by atoms with Crippen LogP contribution in [0, 0.1) is 0 Å². The smallest absolute Gasteiger partial charge is 0.322 e. The van der Waals surface area contributed by atoms with Gasteiger partial charge in [0.1, 0.15) is 11.8 Å². The van der Waals surface area contributed by atoms with E-state index in [1.54, 1.807) is 19.1 Å². The second kappa shape index (κ2) is 8.13. The average Bonchev–Trinajstić information content (AvgIpc) is 2.99. The van der Waals surface area contributed by atoms with Crippen molar-refractivity contribution in [1.82, 2.24) is 19.9 Å². The molecule has 1 aromatic heterocycles. The molecule has 1 atom stereocenters. The first-order valence-electron chi connectivity index (χ1n) is 8.30. The number of benzene rings is 1. The number of nitrogens with one attached hydrogen (secondary N) is 2. The molecule has 148 valence electrons. The van der Waals surface area contributed by atoms with Gasteiger partial charge in [-0.05, 0) is 30.3 Å². The monoisotopic (exact) mass is 424 g/mol. The Morgan fingerprint density at radius 2 is 1.89 bits per heavy atom. The van der Waals surface area contributed by atoms with E-state index in [1.165, 1.54) is 30.5 Å². The van der Waals surface area contributed by atoms with Gasteiger partial charge in [-0.2, -0.15) is 4.31 Å². The number of halogens is 1. The van der Waals surface area contributed by atoms with E-state index < -0.39 is 28.0 Å². The van der Waals surface area contributed by atoms with Crippen molar-refractivity contribution < 1.29 is 22.7 Å². The van der Waals surface area contributed by atoms with Crippen LogP contribution in [0.2, 0.25) is 5.02 Å². The number of hydrogen-bond acceptors (Lipinski definition) is 6. The van der Waals surface area contributed by atoms with Crippen molar-refractivity contribution in [2.75, 3.05) is 13.1 Å². The molecule has 1 aliphatic rings. The standard InChI is InChI=1S/C17H17ClN4O5S/c1-2-22(10-14-16(23)21-17(24)20-14)28(25,26)13-6-4-12(5-7-13)27-15-8-3-11(18)9-19-15/h3-9,14H,2,10H2,1H3,(H2,20,21,23,24). The number of pyridine rings is 1. The maximum Gasteiger partial charge on any atom is 0.322 e. The molecule has 1 unspecified atom stereocenters. The molecule has 1 aromatic carbocycles. The average molecular weight is 425 g/mol. The molecule has 1 aliphatic heterocycles. The van der Waals surface area contributed by atoms with Gasteiger partial charge >= 0.3 is 6.03 Å². The quantitative estimate of drug-likeness (QED) is 0.654. The van der Waals surface area contributed by atoms with Crippen molar-refractivity contribution in [1.29, 1.82) is 0 Å². The lowest BCUT2D eigenvalue weighted by molar-refractivity contribution is -0.120. The molecule has 1 fully saturated rings. The number of ether oxygens (including phenoxy) is 1. The van der Waals surface area contributed by atoms with Gasteiger partial charge in [0, 0.05) is 25.4 Å². The topological polar surface area (TPSA) is 118 Å². The zero-order chi connectivity index (χ0) is 20.3. The lowest BCUT2D eigenvalue weighted by atomic mass is 10.3. The van der Waals surface area contributed by atoms with Gasteiger partial charge in [0.25, 0.3) is 5.91 Å². The third-order valence-corrected chi connectivity index (χ3v) is 6.16. The van der Waals surface area contributed by atoms with Gasteiger partial charge in [0.2, 0.25) is 15.9 Å². The number of imide groups is 1. The number of amides is 3. The van der Waals surface area contributed by atoms with Crippen LogP contribution in [0.5, 0.6) is 11.6 Å². The largest absolute Gasteiger partial charge is 0.439 e. The van der Waals surface area contributed by atoms with Gasteiger partial charge in [0.05, 0.1) is 9.92 Å². The number of carbonyl (C=O) groups is 2. The Balaban J connectivity index is 1.74. The van der Waals surface area contributed by atoms with Gasteiger partial charge in [0.15, 0.2) is 0 Å². The molecule has 1 saturated heterocycles. The number of urea groups is 1. The Bertz CT molecular complexity index is 980. The summed E-state index contributed by atoms with van der Waals surface area (Å²) in [5, 5.41) is 4.94. The van der Waals surface area contributed by atoms with E-state index in [4.69, 9.17) is 16.3 Å². The molecule has 2 heterocycles. The van der Waals surface area contributed by atoms with Crippen LogP contribution < -0.4 is 15.4 Å². The predicted molar refractivity (Wildman–Crippen MR) is 101 cm³/mol. The van der Waals surface area contributed by atoms with Gasteiger partial charge in [-0.15, -0.1) is 0 Å². The lowest BCUT2D eigenvalue weighted by Gasteiger charge is -2.22. The van der Waals surface area contributed by atoms with Gasteiger partial charge in [-0.25, -0.2) is 18.2 Å². The minimum Gasteiger partial charge on any atom is -0.439 e. The lowest BCUT2D eigenvalue weighted by Crippen LogP contribution is -2.44. The molecule has 11 heteroatoms. The molecule has 2 N–H and O–H groups in total. The second-order valence-corrected chi connectivity index (χ2v) is 8.23. The van der Waals surface area contributed by atoms with E-state index in [0.717, 1.165) is 4.31 Å². The maximum absolute atomic E-state index is 12.9. The highest BCUT2D eigenvalue weighted by Crippen LogP contribution is 2.24. The summed E-state index contributed by atoms with van der Waals surface area (Å²) in [7, 11) is -3.86. The normalized spacial score (nSPS) is 16.8. The first-order chi connectivity index (χ1) is 13.3. The Labute approximate surface area is 166 Å². The summed E-state index contributed by atoms with van der Waals surface area (Å²) < 4.78 is 32.4.